The molecule has 18 heteroatoms. The monoisotopic (exact) mass is 1040 g/mol. The van der Waals surface area contributed by atoms with E-state index < -0.39 is 107 Å². The molecule has 3 fully saturated rings. The molecule has 3 saturated carbocycles. The second-order valence-corrected chi connectivity index (χ2v) is 22.4. The molecule has 384 valence electrons. The smallest absolute Gasteiger partial charge is 0.261 e. The number of carbonyl (C=O) groups excluding carboxylic acids is 12. The third-order valence-electron chi connectivity index (χ3n) is 18.9. The molecule has 24 bridgehead atoms. The first-order valence-electron chi connectivity index (χ1n) is 26.8. The molecule has 0 spiro atoms. The molecule has 12 amide bonds. The van der Waals surface area contributed by atoms with Crippen LogP contribution in [0, 0.1) is 0 Å². The van der Waals surface area contributed by atoms with Crippen molar-refractivity contribution in [1.29, 1.82) is 0 Å². The molecule has 0 radical (unpaired) electrons. The van der Waals surface area contributed by atoms with Crippen molar-refractivity contribution in [1.82, 2.24) is 29.4 Å². The summed E-state index contributed by atoms with van der Waals surface area (Å²) >= 11 is 0. The van der Waals surface area contributed by atoms with E-state index in [2.05, 4.69) is 0 Å². The molecule has 78 heavy (non-hydrogen) atoms. The average Bonchev–Trinajstić information content (AvgIpc) is 3.48. The highest BCUT2D eigenvalue weighted by Crippen LogP contribution is 2.48. The highest BCUT2D eigenvalue weighted by molar-refractivity contribution is 6.37. The van der Waals surface area contributed by atoms with E-state index in [4.69, 9.17) is 0 Å². The molecule has 0 N–H and O–H groups in total. The number of hydrogen-bond donors (Lipinski definition) is 0. The second kappa shape index (κ2) is 15.3. The maximum atomic E-state index is 15.1. The van der Waals surface area contributed by atoms with Crippen LogP contribution in [0.4, 0.5) is 0 Å². The summed E-state index contributed by atoms with van der Waals surface area (Å²) in [6, 6.07) is 11.3. The van der Waals surface area contributed by atoms with Crippen LogP contribution in [0.5, 0.6) is 0 Å². The summed E-state index contributed by atoms with van der Waals surface area (Å²) in [5, 5.41) is 0.685. The second-order valence-electron chi connectivity index (χ2n) is 22.4. The third-order valence-corrected chi connectivity index (χ3v) is 18.9. The summed E-state index contributed by atoms with van der Waals surface area (Å²) < 4.78 is 0. The number of hydrogen-bond acceptors (Lipinski definition) is 12. The van der Waals surface area contributed by atoms with Crippen LogP contribution in [0.15, 0.2) is 72.8 Å². The minimum atomic E-state index is -0.999. The van der Waals surface area contributed by atoms with Gasteiger partial charge >= 0.3 is 0 Å². The summed E-state index contributed by atoms with van der Waals surface area (Å²) in [4.78, 5) is 187. The van der Waals surface area contributed by atoms with E-state index >= 15 is 57.5 Å². The molecule has 0 saturated heterocycles. The molecule has 3 aliphatic carbocycles. The van der Waals surface area contributed by atoms with Crippen LogP contribution < -0.4 is 0 Å². The number of carbonyl (C=O) groups is 12. The number of benzene rings is 6. The van der Waals surface area contributed by atoms with Crippen molar-refractivity contribution in [2.75, 3.05) is 0 Å². The van der Waals surface area contributed by atoms with Crippen LogP contribution in [0.1, 0.15) is 201 Å². The Hall–Kier alpha value is -9.06. The number of rotatable bonds is 0. The normalized spacial score (nSPS) is 26.0. The molecule has 6 aromatic carbocycles. The Morgan fingerprint density at radius 1 is 0.192 bits per heavy atom. The van der Waals surface area contributed by atoms with E-state index in [0.717, 1.165) is 29.4 Å². The van der Waals surface area contributed by atoms with E-state index in [9.17, 15) is 0 Å². The van der Waals surface area contributed by atoms with Gasteiger partial charge in [-0.25, -0.2) is 0 Å². The molecule has 0 aromatic heterocycles. The van der Waals surface area contributed by atoms with Gasteiger partial charge in [-0.1, -0.05) is 38.5 Å². The molecule has 24 heterocycles. The maximum Gasteiger partial charge on any atom is 0.261 e. The number of amides is 12. The minimum Gasteiger partial charge on any atom is -0.269 e. The predicted molar refractivity (Wildman–Crippen MR) is 273 cm³/mol. The quantitative estimate of drug-likeness (QED) is 0.139. The van der Waals surface area contributed by atoms with Gasteiger partial charge in [0.1, 0.15) is 0 Å². The van der Waals surface area contributed by atoms with Gasteiger partial charge in [-0.2, -0.15) is 0 Å². The SMILES string of the molecule is O=C1c2ccc3c4c5ccc(c24)C(=O)N1C1CCCC[C@@H]1N1C(=O)c2ccc4c6c(ccc(c26)C1=O)C(=O)N(C4=O)C1CCCC[C@@H]1N1C(=O)c2ccc4c6c(ccc(c26)C1=O)C(=O)N(C4=O)[C@H]1CCCCC1N(C3=O)C5=O. The van der Waals surface area contributed by atoms with Crippen LogP contribution in [0.3, 0.4) is 0 Å². The fourth-order valence-electron chi connectivity index (χ4n) is 15.6. The summed E-state index contributed by atoms with van der Waals surface area (Å²) in [5.41, 5.74) is 0.523. The highest BCUT2D eigenvalue weighted by atomic mass is 16.2. The van der Waals surface area contributed by atoms with Gasteiger partial charge in [0, 0.05) is 99.1 Å². The maximum absolute atomic E-state index is 15.1. The van der Waals surface area contributed by atoms with Crippen LogP contribution in [-0.4, -0.2) is 137 Å². The lowest BCUT2D eigenvalue weighted by Gasteiger charge is -2.47. The van der Waals surface area contributed by atoms with E-state index in [1.807, 2.05) is 0 Å². The lowest BCUT2D eigenvalue weighted by atomic mass is 9.79. The van der Waals surface area contributed by atoms with Crippen molar-refractivity contribution >= 4 is 103 Å². The summed E-state index contributed by atoms with van der Waals surface area (Å²) in [6.45, 7) is 0. The molecule has 24 aliphatic heterocycles. The first-order chi connectivity index (χ1) is 37.8. The molecular weight excluding hydrogens is 997 g/mol. The summed E-state index contributed by atoms with van der Waals surface area (Å²) in [5.74, 6) is -8.74. The van der Waals surface area contributed by atoms with Crippen LogP contribution in [-0.2, 0) is 0 Å². The Morgan fingerprint density at radius 3 is 0.397 bits per heavy atom. The van der Waals surface area contributed by atoms with Gasteiger partial charge in [0.15, 0.2) is 0 Å². The van der Waals surface area contributed by atoms with Crippen molar-refractivity contribution in [3.05, 3.63) is 140 Å². The molecule has 27 aliphatic rings. The summed E-state index contributed by atoms with van der Waals surface area (Å²) in [7, 11) is 0. The topological polar surface area (TPSA) is 224 Å². The van der Waals surface area contributed by atoms with E-state index in [-0.39, 0.29) is 138 Å². The Bertz CT molecular complexity index is 3250. The predicted octanol–water partition coefficient (Wildman–Crippen LogP) is 7.07. The van der Waals surface area contributed by atoms with Crippen molar-refractivity contribution in [3.63, 3.8) is 0 Å². The first kappa shape index (κ1) is 45.2. The zero-order valence-corrected chi connectivity index (χ0v) is 41.5. The van der Waals surface area contributed by atoms with Crippen molar-refractivity contribution in [2.45, 2.75) is 113 Å². The first-order valence-corrected chi connectivity index (χ1v) is 26.8. The van der Waals surface area contributed by atoms with Gasteiger partial charge in [-0.3, -0.25) is 86.9 Å². The van der Waals surface area contributed by atoms with Crippen molar-refractivity contribution < 1.29 is 57.5 Å². The molecule has 3 unspecified atom stereocenters. The Kier molecular flexibility index (Phi) is 8.87. The molecular formula is C60H42N6O12. The number of nitrogens with zero attached hydrogens (tertiary/aromatic N) is 6. The fraction of sp³-hybridized carbons (Fsp3) is 0.300. The van der Waals surface area contributed by atoms with Crippen molar-refractivity contribution in [2.24, 2.45) is 0 Å². The van der Waals surface area contributed by atoms with Crippen LogP contribution in [0.25, 0.3) is 32.3 Å². The molecule has 18 nitrogen and oxygen atoms in total. The highest BCUT2D eigenvalue weighted by Gasteiger charge is 2.54. The Morgan fingerprint density at radius 2 is 0.295 bits per heavy atom. The molecule has 6 atom stereocenters. The third kappa shape index (κ3) is 5.32. The van der Waals surface area contributed by atoms with Crippen molar-refractivity contribution in [3.8, 4) is 0 Å². The van der Waals surface area contributed by atoms with E-state index in [1.54, 1.807) is 0 Å². The average molecular weight is 1040 g/mol. The minimum absolute atomic E-state index is 0.0436. The van der Waals surface area contributed by atoms with E-state index in [0.29, 0.717) is 38.5 Å². The zero-order valence-electron chi connectivity index (χ0n) is 41.5. The van der Waals surface area contributed by atoms with Gasteiger partial charge in [0.05, 0.1) is 36.3 Å². The van der Waals surface area contributed by atoms with Crippen LogP contribution in [0.2, 0.25) is 0 Å². The van der Waals surface area contributed by atoms with Gasteiger partial charge in [0.2, 0.25) is 0 Å². The molecule has 6 aromatic rings. The Labute approximate surface area is 441 Å². The lowest BCUT2D eigenvalue weighted by molar-refractivity contribution is 0.0234. The van der Waals surface area contributed by atoms with E-state index in [1.165, 1.54) is 72.8 Å². The summed E-state index contributed by atoms with van der Waals surface area (Å²) in [6.07, 6.45) is 4.74. The molecule has 33 rings (SSSR count). The Balaban J connectivity index is 0.894. The van der Waals surface area contributed by atoms with Crippen LogP contribution >= 0.6 is 0 Å². The largest absolute Gasteiger partial charge is 0.269 e. The van der Waals surface area contributed by atoms with Gasteiger partial charge in [-0.05, 0) is 111 Å². The van der Waals surface area contributed by atoms with Gasteiger partial charge in [-0.15, -0.1) is 0 Å². The van der Waals surface area contributed by atoms with Gasteiger partial charge < -0.3 is 0 Å². The standard InChI is InChI=1S/C60H42N6O12/c67-49-25-13-15-29-45-30-16-14-26(43(25)45)50(68)61(49)37-7-1-2-8-38(37)62-51(69)27-17-19-31-46-32(20-18-28(44(27)46)52(62)70)56(74)64(55(31)73)41-11-5-6-12-42(41)66-59(77)35-23-21-33-47-34(22-24-36(48(35)47)60(66)78)58(76)65(57(33)75)40-10-4-3-9-39(40)63(53(29)71)54(30)72/h13-24,37-42H,1-12H2/t37-,38?,39-,40?,41-,42?/m0/s1. The zero-order chi connectivity index (χ0) is 53.2. The lowest BCUT2D eigenvalue weighted by Crippen LogP contribution is -2.62. The fourth-order valence-corrected chi connectivity index (χ4v) is 15.6. The number of imide groups is 6. The van der Waals surface area contributed by atoms with Gasteiger partial charge in [0.25, 0.3) is 70.9 Å².